The summed E-state index contributed by atoms with van der Waals surface area (Å²) in [5, 5.41) is 12.1. The summed E-state index contributed by atoms with van der Waals surface area (Å²) in [6, 6.07) is 23.3. The summed E-state index contributed by atoms with van der Waals surface area (Å²) in [5.74, 6) is 0.387. The minimum Gasteiger partial charge on any atom is -0.386 e. The van der Waals surface area contributed by atoms with E-state index in [1.807, 2.05) is 30.5 Å². The van der Waals surface area contributed by atoms with Crippen LogP contribution >= 0.6 is 0 Å². The van der Waals surface area contributed by atoms with Gasteiger partial charge in [-0.2, -0.15) is 0 Å². The number of hydrogen-bond acceptors (Lipinski definition) is 4. The Morgan fingerprint density at radius 1 is 0.971 bits per heavy atom. The van der Waals surface area contributed by atoms with E-state index in [4.69, 9.17) is 0 Å². The first-order chi connectivity index (χ1) is 16.4. The Bertz CT molecular complexity index is 1510. The number of benzene rings is 3. The van der Waals surface area contributed by atoms with Crippen LogP contribution in [-0.2, 0) is 9.84 Å². The van der Waals surface area contributed by atoms with Crippen molar-refractivity contribution in [3.63, 3.8) is 0 Å². The van der Waals surface area contributed by atoms with Crippen LogP contribution in [0.15, 0.2) is 83.9 Å². The fourth-order valence-corrected chi connectivity index (χ4v) is 4.86. The Morgan fingerprint density at radius 3 is 2.31 bits per heavy atom. The van der Waals surface area contributed by atoms with E-state index < -0.39 is 15.4 Å². The maximum Gasteiger partial charge on any atom is 0.175 e. The van der Waals surface area contributed by atoms with Crippen LogP contribution in [0.3, 0.4) is 0 Å². The Kier molecular flexibility index (Phi) is 6.67. The van der Waals surface area contributed by atoms with Gasteiger partial charge >= 0.3 is 0 Å². The van der Waals surface area contributed by atoms with Crippen molar-refractivity contribution in [2.75, 3.05) is 6.26 Å². The monoisotopic (exact) mass is 485 g/mol. The fourth-order valence-electron chi connectivity index (χ4n) is 4.23. The molecule has 0 aliphatic rings. The first kappa shape index (κ1) is 24.8. The molecule has 0 fully saturated rings. The summed E-state index contributed by atoms with van der Waals surface area (Å²) in [6.45, 7) is 7.84. The standard InChI is InChI=1S/C30H31NO3S/c1-20(2)25-18-24-10-7-15-31-29(24)27(19-25)23-9-6-8-21(16-23)17-28(30(3,4)32)22-11-13-26(14-12-22)35(5,33)34/h6-20,32H,1-5H3/b28-17-. The van der Waals surface area contributed by atoms with Crippen molar-refractivity contribution in [2.45, 2.75) is 44.1 Å². The highest BCUT2D eigenvalue weighted by Crippen LogP contribution is 2.34. The van der Waals surface area contributed by atoms with Crippen molar-refractivity contribution in [1.29, 1.82) is 0 Å². The molecule has 5 heteroatoms. The van der Waals surface area contributed by atoms with Crippen LogP contribution in [-0.4, -0.2) is 30.4 Å². The van der Waals surface area contributed by atoms with Gasteiger partial charge in [-0.1, -0.05) is 50.2 Å². The molecule has 0 unspecified atom stereocenters. The molecule has 0 saturated carbocycles. The van der Waals surface area contributed by atoms with Gasteiger partial charge in [-0.3, -0.25) is 4.98 Å². The van der Waals surface area contributed by atoms with Crippen LogP contribution in [0.4, 0.5) is 0 Å². The van der Waals surface area contributed by atoms with E-state index in [2.05, 4.69) is 49.2 Å². The molecule has 3 aromatic carbocycles. The number of aromatic nitrogens is 1. The molecule has 0 atom stereocenters. The lowest BCUT2D eigenvalue weighted by molar-refractivity contribution is 0.144. The summed E-state index contributed by atoms with van der Waals surface area (Å²) in [6.07, 6.45) is 4.96. The van der Waals surface area contributed by atoms with Gasteiger partial charge < -0.3 is 5.11 Å². The number of aliphatic hydroxyl groups is 1. The fraction of sp³-hybridized carbons (Fsp3) is 0.233. The third kappa shape index (κ3) is 5.53. The Balaban J connectivity index is 1.84. The number of nitrogens with zero attached hydrogens (tertiary/aromatic N) is 1. The van der Waals surface area contributed by atoms with E-state index in [0.717, 1.165) is 33.2 Å². The SMILES string of the molecule is CC(C)c1cc(-c2cccc(/C=C(/c3ccc(S(C)(=O)=O)cc3)C(C)(C)O)c2)c2ncccc2c1. The third-order valence-corrected chi connectivity index (χ3v) is 7.28. The average Bonchev–Trinajstić information content (AvgIpc) is 2.81. The molecule has 1 heterocycles. The molecule has 4 aromatic rings. The lowest BCUT2D eigenvalue weighted by Crippen LogP contribution is -2.20. The minimum atomic E-state index is -3.29. The molecular formula is C30H31NO3S. The van der Waals surface area contributed by atoms with E-state index in [1.54, 1.807) is 38.1 Å². The molecule has 0 radical (unpaired) electrons. The molecule has 0 spiro atoms. The molecule has 180 valence electrons. The molecule has 35 heavy (non-hydrogen) atoms. The van der Waals surface area contributed by atoms with Crippen molar-refractivity contribution in [3.8, 4) is 11.1 Å². The van der Waals surface area contributed by atoms with E-state index in [0.29, 0.717) is 11.5 Å². The molecule has 0 aliphatic heterocycles. The van der Waals surface area contributed by atoms with Crippen molar-refractivity contribution in [1.82, 2.24) is 4.98 Å². The van der Waals surface area contributed by atoms with Crippen molar-refractivity contribution in [2.24, 2.45) is 0 Å². The maximum absolute atomic E-state index is 11.9. The summed E-state index contributed by atoms with van der Waals surface area (Å²) < 4.78 is 23.7. The summed E-state index contributed by atoms with van der Waals surface area (Å²) >= 11 is 0. The average molecular weight is 486 g/mol. The van der Waals surface area contributed by atoms with E-state index in [-0.39, 0.29) is 4.90 Å². The second-order valence-corrected chi connectivity index (χ2v) is 11.9. The van der Waals surface area contributed by atoms with Gasteiger partial charge in [-0.15, -0.1) is 0 Å². The van der Waals surface area contributed by atoms with Crippen LogP contribution in [0, 0.1) is 0 Å². The lowest BCUT2D eigenvalue weighted by atomic mass is 9.89. The number of sulfone groups is 1. The maximum atomic E-state index is 11.9. The predicted octanol–water partition coefficient (Wildman–Crippen LogP) is 6.74. The van der Waals surface area contributed by atoms with Gasteiger partial charge in [-0.25, -0.2) is 8.42 Å². The number of hydrogen-bond donors (Lipinski definition) is 1. The summed E-state index contributed by atoms with van der Waals surface area (Å²) in [4.78, 5) is 4.91. The normalized spacial score (nSPS) is 12.9. The van der Waals surface area contributed by atoms with Gasteiger partial charge in [-0.05, 0) is 90.1 Å². The van der Waals surface area contributed by atoms with E-state index >= 15 is 0 Å². The number of fused-ring (bicyclic) bond motifs is 1. The molecule has 0 saturated heterocycles. The van der Waals surface area contributed by atoms with Gasteiger partial charge in [0.2, 0.25) is 0 Å². The molecule has 0 aliphatic carbocycles. The lowest BCUT2D eigenvalue weighted by Gasteiger charge is -2.23. The minimum absolute atomic E-state index is 0.253. The first-order valence-electron chi connectivity index (χ1n) is 11.7. The topological polar surface area (TPSA) is 67.3 Å². The van der Waals surface area contributed by atoms with Gasteiger partial charge in [0, 0.05) is 23.4 Å². The van der Waals surface area contributed by atoms with E-state index in [1.165, 1.54) is 11.8 Å². The van der Waals surface area contributed by atoms with Crippen LogP contribution in [0.5, 0.6) is 0 Å². The molecule has 4 rings (SSSR count). The van der Waals surface area contributed by atoms with Crippen LogP contribution in [0.25, 0.3) is 33.7 Å². The van der Waals surface area contributed by atoms with Crippen LogP contribution < -0.4 is 0 Å². The Morgan fingerprint density at radius 2 is 1.69 bits per heavy atom. The highest BCUT2D eigenvalue weighted by atomic mass is 32.2. The van der Waals surface area contributed by atoms with Gasteiger partial charge in [0.1, 0.15) is 0 Å². The smallest absolute Gasteiger partial charge is 0.175 e. The summed E-state index contributed by atoms with van der Waals surface area (Å²) in [5.41, 5.74) is 5.61. The molecule has 0 bridgehead atoms. The molecule has 0 amide bonds. The van der Waals surface area contributed by atoms with Crippen LogP contribution in [0.2, 0.25) is 0 Å². The molecule has 1 aromatic heterocycles. The highest BCUT2D eigenvalue weighted by molar-refractivity contribution is 7.90. The van der Waals surface area contributed by atoms with E-state index in [9.17, 15) is 13.5 Å². The van der Waals surface area contributed by atoms with Gasteiger partial charge in [0.05, 0.1) is 16.0 Å². The largest absolute Gasteiger partial charge is 0.386 e. The highest BCUT2D eigenvalue weighted by Gasteiger charge is 2.22. The van der Waals surface area contributed by atoms with Gasteiger partial charge in [0.15, 0.2) is 9.84 Å². The quantitative estimate of drug-likeness (QED) is 0.307. The zero-order chi connectivity index (χ0) is 25.4. The van der Waals surface area contributed by atoms with Crippen molar-refractivity contribution < 1.29 is 13.5 Å². The third-order valence-electron chi connectivity index (χ3n) is 6.16. The first-order valence-corrected chi connectivity index (χ1v) is 13.6. The molecular weight excluding hydrogens is 454 g/mol. The second kappa shape index (κ2) is 9.40. The molecule has 4 nitrogen and oxygen atoms in total. The van der Waals surface area contributed by atoms with Crippen molar-refractivity contribution >= 4 is 32.4 Å². The summed E-state index contributed by atoms with van der Waals surface area (Å²) in [7, 11) is -3.29. The zero-order valence-corrected chi connectivity index (χ0v) is 21.6. The Hall–Kier alpha value is -3.28. The molecule has 1 N–H and O–H groups in total. The van der Waals surface area contributed by atoms with Gasteiger partial charge in [0.25, 0.3) is 0 Å². The predicted molar refractivity (Wildman–Crippen MR) is 145 cm³/mol. The Labute approximate surface area is 207 Å². The second-order valence-electron chi connectivity index (χ2n) is 9.84. The number of pyridine rings is 1. The van der Waals surface area contributed by atoms with Crippen molar-refractivity contribution in [3.05, 3.63) is 95.7 Å². The van der Waals surface area contributed by atoms with Crippen LogP contribution in [0.1, 0.15) is 50.3 Å². The number of rotatable bonds is 6. The zero-order valence-electron chi connectivity index (χ0n) is 20.8.